The highest BCUT2D eigenvalue weighted by atomic mass is 32.2. The molecule has 0 saturated carbocycles. The summed E-state index contributed by atoms with van der Waals surface area (Å²) in [5.41, 5.74) is 5.30. The summed E-state index contributed by atoms with van der Waals surface area (Å²) >= 11 is 2.93. The van der Waals surface area contributed by atoms with Crippen molar-refractivity contribution in [2.75, 3.05) is 12.3 Å². The average molecular weight is 394 g/mol. The molecule has 1 saturated heterocycles. The number of nitrogens with zero attached hydrogens (tertiary/aromatic N) is 4. The van der Waals surface area contributed by atoms with Crippen molar-refractivity contribution in [2.24, 2.45) is 5.73 Å². The van der Waals surface area contributed by atoms with Crippen LogP contribution in [0.25, 0.3) is 10.7 Å². The van der Waals surface area contributed by atoms with Gasteiger partial charge in [-0.2, -0.15) is 0 Å². The van der Waals surface area contributed by atoms with E-state index in [-0.39, 0.29) is 18.2 Å². The van der Waals surface area contributed by atoms with Gasteiger partial charge in [-0.15, -0.1) is 21.5 Å². The highest BCUT2D eigenvalue weighted by molar-refractivity contribution is 7.99. The predicted octanol–water partition coefficient (Wildman–Crippen LogP) is 2.38. The fourth-order valence-electron chi connectivity index (χ4n) is 3.08. The van der Waals surface area contributed by atoms with E-state index in [1.165, 1.54) is 18.2 Å². The third-order valence-electron chi connectivity index (χ3n) is 4.49. The quantitative estimate of drug-likeness (QED) is 0.729. The molecule has 26 heavy (non-hydrogen) atoms. The Balaban J connectivity index is 1.72. The first-order chi connectivity index (χ1) is 12.6. The molecule has 1 unspecified atom stereocenters. The minimum atomic E-state index is -0.370. The van der Waals surface area contributed by atoms with Crippen LogP contribution in [0.3, 0.4) is 0 Å². The normalized spacial score (nSPS) is 17.4. The number of carbonyl (C=O) groups is 2. The van der Waals surface area contributed by atoms with Crippen molar-refractivity contribution in [1.29, 1.82) is 0 Å². The lowest BCUT2D eigenvalue weighted by Gasteiger charge is -2.33. The summed E-state index contributed by atoms with van der Waals surface area (Å²) in [5, 5.41) is 11.1. The number of thiophene rings is 1. The molecule has 0 aliphatic carbocycles. The van der Waals surface area contributed by atoms with Gasteiger partial charge in [0, 0.05) is 25.6 Å². The summed E-state index contributed by atoms with van der Waals surface area (Å²) in [6.45, 7) is 3.34. The number of aromatic nitrogens is 3. The summed E-state index contributed by atoms with van der Waals surface area (Å²) in [6.07, 6.45) is 3.52. The van der Waals surface area contributed by atoms with E-state index >= 15 is 0 Å². The van der Waals surface area contributed by atoms with Gasteiger partial charge < -0.3 is 15.2 Å². The summed E-state index contributed by atoms with van der Waals surface area (Å²) < 4.78 is 1.88. The molecule has 140 valence electrons. The first-order valence-corrected chi connectivity index (χ1v) is 10.6. The van der Waals surface area contributed by atoms with Gasteiger partial charge in [0.05, 0.1) is 10.6 Å². The molecule has 7 nitrogen and oxygen atoms in total. The minimum absolute atomic E-state index is 0.129. The van der Waals surface area contributed by atoms with Gasteiger partial charge in [-0.3, -0.25) is 9.59 Å². The largest absolute Gasteiger partial charge is 0.370 e. The highest BCUT2D eigenvalue weighted by Crippen LogP contribution is 2.28. The number of rotatable bonds is 7. The second kappa shape index (κ2) is 8.68. The maximum atomic E-state index is 12.6. The van der Waals surface area contributed by atoms with Gasteiger partial charge in [0.25, 0.3) is 0 Å². The van der Waals surface area contributed by atoms with E-state index < -0.39 is 0 Å². The topological polar surface area (TPSA) is 94.1 Å². The van der Waals surface area contributed by atoms with Crippen LogP contribution in [0.5, 0.6) is 0 Å². The van der Waals surface area contributed by atoms with Crippen LogP contribution in [-0.2, 0) is 16.1 Å². The maximum Gasteiger partial charge on any atom is 0.233 e. The lowest BCUT2D eigenvalue weighted by atomic mass is 10.0. The molecule has 9 heteroatoms. The molecule has 0 spiro atoms. The Bertz CT molecular complexity index is 759. The number of hydrogen-bond acceptors (Lipinski definition) is 6. The Hall–Kier alpha value is -1.87. The van der Waals surface area contributed by atoms with Crippen LogP contribution in [0.2, 0.25) is 0 Å². The van der Waals surface area contributed by atoms with Crippen molar-refractivity contribution < 1.29 is 9.59 Å². The summed E-state index contributed by atoms with van der Waals surface area (Å²) in [4.78, 5) is 26.7. The van der Waals surface area contributed by atoms with Crippen LogP contribution in [-0.4, -0.2) is 49.8 Å². The number of amides is 2. The molecule has 0 radical (unpaired) electrons. The fraction of sp³-hybridized carbons (Fsp3) is 0.529. The monoisotopic (exact) mass is 393 g/mol. The molecule has 3 heterocycles. The number of likely N-dealkylation sites (tertiary alicyclic amines) is 1. The molecule has 2 aromatic rings. The first kappa shape index (κ1) is 18.9. The smallest absolute Gasteiger partial charge is 0.233 e. The molecule has 3 rings (SSSR count). The van der Waals surface area contributed by atoms with Gasteiger partial charge in [0.1, 0.15) is 0 Å². The molecule has 2 aromatic heterocycles. The van der Waals surface area contributed by atoms with E-state index in [1.54, 1.807) is 11.3 Å². The third kappa shape index (κ3) is 4.45. The van der Waals surface area contributed by atoms with Crippen molar-refractivity contribution in [2.45, 2.75) is 50.4 Å². The molecular weight excluding hydrogens is 370 g/mol. The summed E-state index contributed by atoms with van der Waals surface area (Å²) in [5.74, 6) is 0.792. The molecule has 2 amide bonds. The van der Waals surface area contributed by atoms with E-state index in [0.717, 1.165) is 24.3 Å². The lowest BCUT2D eigenvalue weighted by Crippen LogP contribution is -2.43. The molecule has 1 aliphatic rings. The minimum Gasteiger partial charge on any atom is -0.370 e. The van der Waals surface area contributed by atoms with Crippen molar-refractivity contribution >= 4 is 34.9 Å². The SMILES string of the molecule is CC1CCCCN1C(=O)CSc1nnc(-c2cccs2)n1CCC(N)=O. The Labute approximate surface area is 161 Å². The lowest BCUT2D eigenvalue weighted by molar-refractivity contribution is -0.131. The van der Waals surface area contributed by atoms with E-state index in [1.807, 2.05) is 27.0 Å². The number of nitrogens with two attached hydrogens (primary N) is 1. The van der Waals surface area contributed by atoms with Crippen molar-refractivity contribution in [3.63, 3.8) is 0 Å². The number of primary amides is 1. The molecule has 1 aliphatic heterocycles. The van der Waals surface area contributed by atoms with E-state index in [4.69, 9.17) is 5.73 Å². The van der Waals surface area contributed by atoms with Crippen molar-refractivity contribution in [3.8, 4) is 10.7 Å². The van der Waals surface area contributed by atoms with Crippen molar-refractivity contribution in [3.05, 3.63) is 17.5 Å². The van der Waals surface area contributed by atoms with Gasteiger partial charge in [0.15, 0.2) is 11.0 Å². The number of thioether (sulfide) groups is 1. The molecule has 1 fully saturated rings. The Morgan fingerprint density at radius 1 is 1.38 bits per heavy atom. The molecule has 1 atom stereocenters. The predicted molar refractivity (Wildman–Crippen MR) is 103 cm³/mol. The Morgan fingerprint density at radius 2 is 2.23 bits per heavy atom. The number of carbonyl (C=O) groups excluding carboxylic acids is 2. The highest BCUT2D eigenvalue weighted by Gasteiger charge is 2.24. The Kier molecular flexibility index (Phi) is 6.31. The van der Waals surface area contributed by atoms with Crippen LogP contribution < -0.4 is 5.73 Å². The van der Waals surface area contributed by atoms with Gasteiger partial charge in [-0.25, -0.2) is 0 Å². The maximum absolute atomic E-state index is 12.6. The van der Waals surface area contributed by atoms with Gasteiger partial charge >= 0.3 is 0 Å². The van der Waals surface area contributed by atoms with E-state index in [9.17, 15) is 9.59 Å². The van der Waals surface area contributed by atoms with Crippen LogP contribution in [0.15, 0.2) is 22.7 Å². The number of hydrogen-bond donors (Lipinski definition) is 1. The van der Waals surface area contributed by atoms with Crippen LogP contribution in [0.4, 0.5) is 0 Å². The Morgan fingerprint density at radius 3 is 2.92 bits per heavy atom. The van der Waals surface area contributed by atoms with Gasteiger partial charge in [-0.05, 0) is 37.6 Å². The standard InChI is InChI=1S/C17H23N5O2S2/c1-12-5-2-3-8-21(12)15(24)11-26-17-20-19-16(13-6-4-10-25-13)22(17)9-7-14(18)23/h4,6,10,12H,2-3,5,7-9,11H2,1H3,(H2,18,23). The second-order valence-electron chi connectivity index (χ2n) is 6.37. The fourth-order valence-corrected chi connectivity index (χ4v) is 4.65. The van der Waals surface area contributed by atoms with Crippen LogP contribution in [0, 0.1) is 0 Å². The zero-order valence-electron chi connectivity index (χ0n) is 14.8. The van der Waals surface area contributed by atoms with E-state index in [0.29, 0.717) is 29.3 Å². The third-order valence-corrected chi connectivity index (χ3v) is 6.31. The summed E-state index contributed by atoms with van der Waals surface area (Å²) in [6, 6.07) is 4.21. The molecule has 0 bridgehead atoms. The second-order valence-corrected chi connectivity index (χ2v) is 8.26. The molecular formula is C17H23N5O2S2. The average Bonchev–Trinajstić information content (AvgIpc) is 3.27. The van der Waals surface area contributed by atoms with Crippen LogP contribution >= 0.6 is 23.1 Å². The molecule has 0 aromatic carbocycles. The van der Waals surface area contributed by atoms with Crippen LogP contribution in [0.1, 0.15) is 32.6 Å². The van der Waals surface area contributed by atoms with E-state index in [2.05, 4.69) is 17.1 Å². The van der Waals surface area contributed by atoms with Gasteiger partial charge in [-0.1, -0.05) is 17.8 Å². The molecule has 2 N–H and O–H groups in total. The first-order valence-electron chi connectivity index (χ1n) is 8.74. The zero-order chi connectivity index (χ0) is 18.5. The van der Waals surface area contributed by atoms with Crippen molar-refractivity contribution in [1.82, 2.24) is 19.7 Å². The zero-order valence-corrected chi connectivity index (χ0v) is 16.4. The number of piperidine rings is 1. The summed E-state index contributed by atoms with van der Waals surface area (Å²) in [7, 11) is 0. The van der Waals surface area contributed by atoms with Gasteiger partial charge in [0.2, 0.25) is 11.8 Å².